The fourth-order valence-corrected chi connectivity index (χ4v) is 1.86. The SMILES string of the molecule is CC(c1ccccc1)C(N)(C(N)=O)C(=O)OC(C)(C)C. The van der Waals surface area contributed by atoms with Crippen molar-refractivity contribution in [1.29, 1.82) is 0 Å². The smallest absolute Gasteiger partial charge is 0.337 e. The predicted octanol–water partition coefficient (Wildman–Crippen LogP) is 1.31. The Labute approximate surface area is 119 Å². The first-order chi connectivity index (χ1) is 9.09. The van der Waals surface area contributed by atoms with E-state index in [4.69, 9.17) is 16.2 Å². The van der Waals surface area contributed by atoms with E-state index in [9.17, 15) is 9.59 Å². The summed E-state index contributed by atoms with van der Waals surface area (Å²) in [5, 5.41) is 0. The Morgan fingerprint density at radius 3 is 2.05 bits per heavy atom. The quantitative estimate of drug-likeness (QED) is 0.641. The van der Waals surface area contributed by atoms with Crippen molar-refractivity contribution < 1.29 is 14.3 Å². The highest BCUT2D eigenvalue weighted by Crippen LogP contribution is 2.28. The van der Waals surface area contributed by atoms with Gasteiger partial charge < -0.3 is 16.2 Å². The van der Waals surface area contributed by atoms with Crippen molar-refractivity contribution in [3.05, 3.63) is 35.9 Å². The number of primary amides is 1. The number of nitrogens with two attached hydrogens (primary N) is 2. The van der Waals surface area contributed by atoms with E-state index in [0.29, 0.717) is 0 Å². The van der Waals surface area contributed by atoms with Gasteiger partial charge in [-0.1, -0.05) is 37.3 Å². The molecule has 1 amide bonds. The molecule has 1 rings (SSSR count). The summed E-state index contributed by atoms with van der Waals surface area (Å²) in [4.78, 5) is 24.0. The molecule has 2 unspecified atom stereocenters. The molecule has 0 saturated carbocycles. The van der Waals surface area contributed by atoms with Crippen LogP contribution in [0.1, 0.15) is 39.2 Å². The minimum Gasteiger partial charge on any atom is -0.458 e. The lowest BCUT2D eigenvalue weighted by atomic mass is 9.80. The molecule has 0 saturated heterocycles. The fraction of sp³-hybridized carbons (Fsp3) is 0.467. The Morgan fingerprint density at radius 1 is 1.15 bits per heavy atom. The molecule has 110 valence electrons. The third-order valence-corrected chi connectivity index (χ3v) is 3.13. The van der Waals surface area contributed by atoms with Crippen LogP contribution in [0, 0.1) is 0 Å². The highest BCUT2D eigenvalue weighted by molar-refractivity contribution is 6.07. The number of carbonyl (C=O) groups excluding carboxylic acids is 2. The molecule has 0 heterocycles. The number of esters is 1. The maximum absolute atomic E-state index is 12.3. The summed E-state index contributed by atoms with van der Waals surface area (Å²) in [5.41, 5.74) is 9.50. The van der Waals surface area contributed by atoms with Crippen molar-refractivity contribution in [2.45, 2.75) is 44.8 Å². The third-order valence-electron chi connectivity index (χ3n) is 3.13. The maximum Gasteiger partial charge on any atom is 0.337 e. The van der Waals surface area contributed by atoms with E-state index < -0.39 is 28.9 Å². The second kappa shape index (κ2) is 5.63. The van der Waals surface area contributed by atoms with E-state index in [1.165, 1.54) is 0 Å². The van der Waals surface area contributed by atoms with Gasteiger partial charge in [0, 0.05) is 5.92 Å². The van der Waals surface area contributed by atoms with Crippen LogP contribution < -0.4 is 11.5 Å². The van der Waals surface area contributed by atoms with Crippen LogP contribution in [0.5, 0.6) is 0 Å². The molecule has 0 aromatic heterocycles. The molecule has 0 radical (unpaired) electrons. The molecule has 5 heteroatoms. The summed E-state index contributed by atoms with van der Waals surface area (Å²) in [5.74, 6) is -2.30. The second-order valence-electron chi connectivity index (χ2n) is 5.87. The Kier molecular flexibility index (Phi) is 4.55. The summed E-state index contributed by atoms with van der Waals surface area (Å²) in [6, 6.07) is 9.04. The zero-order chi connectivity index (χ0) is 15.6. The van der Waals surface area contributed by atoms with Crippen LogP contribution in [0.4, 0.5) is 0 Å². The van der Waals surface area contributed by atoms with E-state index in [1.54, 1.807) is 39.8 Å². The van der Waals surface area contributed by atoms with Crippen molar-refractivity contribution in [2.75, 3.05) is 0 Å². The molecule has 0 bridgehead atoms. The van der Waals surface area contributed by atoms with Crippen molar-refractivity contribution >= 4 is 11.9 Å². The van der Waals surface area contributed by atoms with Crippen LogP contribution in [0.2, 0.25) is 0 Å². The van der Waals surface area contributed by atoms with Gasteiger partial charge in [-0.25, -0.2) is 4.79 Å². The number of amides is 1. The zero-order valence-corrected chi connectivity index (χ0v) is 12.3. The highest BCUT2D eigenvalue weighted by atomic mass is 16.6. The first-order valence-electron chi connectivity index (χ1n) is 6.46. The average Bonchev–Trinajstić information content (AvgIpc) is 2.35. The van der Waals surface area contributed by atoms with Crippen molar-refractivity contribution in [1.82, 2.24) is 0 Å². The number of benzene rings is 1. The van der Waals surface area contributed by atoms with Gasteiger partial charge in [-0.05, 0) is 26.3 Å². The molecule has 0 fully saturated rings. The van der Waals surface area contributed by atoms with E-state index in [2.05, 4.69) is 0 Å². The molecule has 2 atom stereocenters. The number of hydrogen-bond acceptors (Lipinski definition) is 4. The van der Waals surface area contributed by atoms with Gasteiger partial charge in [0.15, 0.2) is 5.54 Å². The van der Waals surface area contributed by atoms with Gasteiger partial charge in [0.05, 0.1) is 0 Å². The average molecular weight is 278 g/mol. The Balaban J connectivity index is 3.16. The Morgan fingerprint density at radius 2 is 1.65 bits per heavy atom. The van der Waals surface area contributed by atoms with Gasteiger partial charge in [0.1, 0.15) is 5.60 Å². The number of hydrogen-bond donors (Lipinski definition) is 2. The van der Waals surface area contributed by atoms with E-state index in [-0.39, 0.29) is 0 Å². The second-order valence-corrected chi connectivity index (χ2v) is 5.87. The summed E-state index contributed by atoms with van der Waals surface area (Å²) in [6.07, 6.45) is 0. The molecule has 0 spiro atoms. The lowest BCUT2D eigenvalue weighted by Gasteiger charge is -2.33. The maximum atomic E-state index is 12.3. The van der Waals surface area contributed by atoms with Gasteiger partial charge in [0.25, 0.3) is 0 Å². The van der Waals surface area contributed by atoms with Gasteiger partial charge in [-0.2, -0.15) is 0 Å². The van der Waals surface area contributed by atoms with Crippen LogP contribution in [0.25, 0.3) is 0 Å². The van der Waals surface area contributed by atoms with Gasteiger partial charge in [0.2, 0.25) is 5.91 Å². The van der Waals surface area contributed by atoms with Crippen molar-refractivity contribution in [3.63, 3.8) is 0 Å². The minimum absolute atomic E-state index is 0.587. The molecular formula is C15H22N2O3. The monoisotopic (exact) mass is 278 g/mol. The summed E-state index contributed by atoms with van der Waals surface area (Å²) < 4.78 is 5.24. The summed E-state index contributed by atoms with van der Waals surface area (Å²) in [6.45, 7) is 6.81. The molecular weight excluding hydrogens is 256 g/mol. The first-order valence-corrected chi connectivity index (χ1v) is 6.46. The zero-order valence-electron chi connectivity index (χ0n) is 12.3. The van der Waals surface area contributed by atoms with Crippen LogP contribution in [-0.2, 0) is 14.3 Å². The molecule has 4 N–H and O–H groups in total. The van der Waals surface area contributed by atoms with E-state index in [1.807, 2.05) is 18.2 Å². The molecule has 1 aromatic carbocycles. The van der Waals surface area contributed by atoms with Crippen LogP contribution >= 0.6 is 0 Å². The molecule has 20 heavy (non-hydrogen) atoms. The number of ether oxygens (including phenoxy) is 1. The first kappa shape index (κ1) is 16.2. The summed E-state index contributed by atoms with van der Waals surface area (Å²) in [7, 11) is 0. The number of carbonyl (C=O) groups is 2. The van der Waals surface area contributed by atoms with E-state index in [0.717, 1.165) is 5.56 Å². The molecule has 0 aliphatic heterocycles. The van der Waals surface area contributed by atoms with E-state index >= 15 is 0 Å². The van der Waals surface area contributed by atoms with Gasteiger partial charge in [-0.15, -0.1) is 0 Å². The van der Waals surface area contributed by atoms with Crippen LogP contribution in [-0.4, -0.2) is 23.0 Å². The largest absolute Gasteiger partial charge is 0.458 e. The number of rotatable bonds is 4. The molecule has 5 nitrogen and oxygen atoms in total. The highest BCUT2D eigenvalue weighted by Gasteiger charge is 2.48. The van der Waals surface area contributed by atoms with Gasteiger partial charge >= 0.3 is 5.97 Å². The van der Waals surface area contributed by atoms with Gasteiger partial charge in [-0.3, -0.25) is 4.79 Å². The molecule has 0 aliphatic carbocycles. The normalized spacial score (nSPS) is 16.1. The minimum atomic E-state index is -1.89. The molecule has 0 aliphatic rings. The fourth-order valence-electron chi connectivity index (χ4n) is 1.86. The lowest BCUT2D eigenvalue weighted by molar-refractivity contribution is -0.164. The Bertz CT molecular complexity index is 494. The summed E-state index contributed by atoms with van der Waals surface area (Å²) >= 11 is 0. The predicted molar refractivity (Wildman–Crippen MR) is 76.8 cm³/mol. The van der Waals surface area contributed by atoms with Crippen molar-refractivity contribution in [2.24, 2.45) is 11.5 Å². The van der Waals surface area contributed by atoms with Crippen molar-refractivity contribution in [3.8, 4) is 0 Å². The van der Waals surface area contributed by atoms with Crippen LogP contribution in [0.15, 0.2) is 30.3 Å². The molecule has 1 aromatic rings. The standard InChI is InChI=1S/C15H22N2O3/c1-10(11-8-6-5-7-9-11)15(17,12(16)18)13(19)20-14(2,3)4/h5-10H,17H2,1-4H3,(H2,16,18). The third kappa shape index (κ3) is 3.36. The topological polar surface area (TPSA) is 95.4 Å². The van der Waals surface area contributed by atoms with Crippen LogP contribution in [0.3, 0.4) is 0 Å². The Hall–Kier alpha value is -1.88. The lowest BCUT2D eigenvalue weighted by Crippen LogP contribution is -2.63.